The molecular weight excluding hydrogens is 216 g/mol. The molecule has 2 fully saturated rings. The second-order valence-electron chi connectivity index (χ2n) is 4.62. The normalized spacial score (nSPS) is 61.2. The van der Waals surface area contributed by atoms with Crippen LogP contribution in [0.15, 0.2) is 12.2 Å². The molecule has 12 heavy (non-hydrogen) atoms. The maximum absolute atomic E-state index is 10.4. The van der Waals surface area contributed by atoms with Gasteiger partial charge in [-0.3, -0.25) is 0 Å². The van der Waals surface area contributed by atoms with Crippen molar-refractivity contribution in [3.63, 3.8) is 0 Å². The van der Waals surface area contributed by atoms with Gasteiger partial charge >= 0.3 is 0 Å². The Hall–Kier alpha value is 0.180. The fourth-order valence-electron chi connectivity index (χ4n) is 2.76. The minimum Gasteiger partial charge on any atom is -0.385 e. The van der Waals surface area contributed by atoms with Crippen LogP contribution in [0.1, 0.15) is 32.1 Å². The molecule has 1 atom stereocenters. The second kappa shape index (κ2) is 1.83. The van der Waals surface area contributed by atoms with E-state index in [4.69, 9.17) is 0 Å². The molecule has 0 radical (unpaired) electrons. The molecule has 2 saturated carbocycles. The van der Waals surface area contributed by atoms with Crippen molar-refractivity contribution in [1.82, 2.24) is 0 Å². The number of alkyl halides is 1. The van der Waals surface area contributed by atoms with Crippen molar-refractivity contribution in [3.8, 4) is 0 Å². The van der Waals surface area contributed by atoms with E-state index < -0.39 is 5.60 Å². The number of fused-ring (bicyclic) bond motifs is 1. The van der Waals surface area contributed by atoms with Gasteiger partial charge in [-0.2, -0.15) is 0 Å². The summed E-state index contributed by atoms with van der Waals surface area (Å²) in [6.45, 7) is 0. The molecular formula is C10H13BrO. The number of aliphatic hydroxyl groups is 1. The Balaban J connectivity index is 1.92. The molecule has 3 rings (SSSR count). The lowest BCUT2D eigenvalue weighted by Gasteiger charge is -2.30. The molecule has 1 unspecified atom stereocenters. The molecule has 1 N–H and O–H groups in total. The second-order valence-corrected chi connectivity index (χ2v) is 6.14. The highest BCUT2D eigenvalue weighted by Gasteiger charge is 2.88. The molecule has 3 aliphatic rings. The zero-order valence-electron chi connectivity index (χ0n) is 7.02. The molecule has 0 heterocycles. The van der Waals surface area contributed by atoms with E-state index in [0.29, 0.717) is 4.32 Å². The fraction of sp³-hybridized carbons (Fsp3) is 0.800. The molecule has 0 spiro atoms. The Kier molecular flexibility index (Phi) is 1.15. The first-order chi connectivity index (χ1) is 5.62. The zero-order chi connectivity index (χ0) is 8.45. The van der Waals surface area contributed by atoms with Crippen molar-refractivity contribution < 1.29 is 5.11 Å². The van der Waals surface area contributed by atoms with Crippen molar-refractivity contribution >= 4 is 15.9 Å². The summed E-state index contributed by atoms with van der Waals surface area (Å²) in [6.07, 6.45) is 9.82. The molecule has 0 bridgehead atoms. The Labute approximate surface area is 81.0 Å². The lowest BCUT2D eigenvalue weighted by Crippen LogP contribution is -2.34. The van der Waals surface area contributed by atoms with Gasteiger partial charge in [0.15, 0.2) is 0 Å². The topological polar surface area (TPSA) is 20.2 Å². The van der Waals surface area contributed by atoms with E-state index in [9.17, 15) is 5.11 Å². The van der Waals surface area contributed by atoms with Crippen LogP contribution in [0.4, 0.5) is 0 Å². The van der Waals surface area contributed by atoms with Crippen molar-refractivity contribution in [1.29, 1.82) is 0 Å². The summed E-state index contributed by atoms with van der Waals surface area (Å²) in [5, 5.41) is 10.4. The molecule has 0 aliphatic heterocycles. The Bertz CT molecular complexity index is 265. The molecule has 0 aromatic carbocycles. The van der Waals surface area contributed by atoms with Gasteiger partial charge in [0.2, 0.25) is 0 Å². The smallest absolute Gasteiger partial charge is 0.0898 e. The number of rotatable bonds is 1. The molecule has 0 aromatic heterocycles. The van der Waals surface area contributed by atoms with Crippen LogP contribution in [0.2, 0.25) is 0 Å². The van der Waals surface area contributed by atoms with E-state index in [1.54, 1.807) is 0 Å². The first-order valence-corrected chi connectivity index (χ1v) is 5.50. The predicted octanol–water partition coefficient (Wildman–Crippen LogP) is 2.39. The fourth-order valence-corrected chi connectivity index (χ4v) is 4.06. The number of allylic oxidation sites excluding steroid dienone is 1. The largest absolute Gasteiger partial charge is 0.385 e. The molecule has 0 aromatic rings. The summed E-state index contributed by atoms with van der Waals surface area (Å²) in [5.41, 5.74) is -0.217. The lowest BCUT2D eigenvalue weighted by molar-refractivity contribution is 0.0266. The average molecular weight is 229 g/mol. The maximum atomic E-state index is 10.4. The third-order valence-electron chi connectivity index (χ3n) is 3.92. The van der Waals surface area contributed by atoms with E-state index in [-0.39, 0.29) is 5.41 Å². The van der Waals surface area contributed by atoms with Crippen LogP contribution in [0.3, 0.4) is 0 Å². The average Bonchev–Trinajstić information content (AvgIpc) is 2.76. The van der Waals surface area contributed by atoms with Crippen LogP contribution >= 0.6 is 15.9 Å². The van der Waals surface area contributed by atoms with Gasteiger partial charge in [0, 0.05) is 9.74 Å². The third kappa shape index (κ3) is 0.655. The quantitative estimate of drug-likeness (QED) is 0.540. The predicted molar refractivity (Wildman–Crippen MR) is 51.3 cm³/mol. The van der Waals surface area contributed by atoms with Gasteiger partial charge in [-0.1, -0.05) is 28.1 Å². The first-order valence-electron chi connectivity index (χ1n) is 4.71. The lowest BCUT2D eigenvalue weighted by atomic mass is 9.82. The molecule has 0 amide bonds. The van der Waals surface area contributed by atoms with Gasteiger partial charge in [0.1, 0.15) is 0 Å². The van der Waals surface area contributed by atoms with E-state index in [2.05, 4.69) is 22.0 Å². The van der Waals surface area contributed by atoms with Gasteiger partial charge in [0.25, 0.3) is 0 Å². The maximum Gasteiger partial charge on any atom is 0.0898 e. The van der Waals surface area contributed by atoms with Crippen LogP contribution in [0.25, 0.3) is 0 Å². The van der Waals surface area contributed by atoms with Gasteiger partial charge in [-0.05, 0) is 32.1 Å². The Morgan fingerprint density at radius 2 is 2.00 bits per heavy atom. The Morgan fingerprint density at radius 1 is 1.33 bits per heavy atom. The highest BCUT2D eigenvalue weighted by Crippen LogP contribution is 2.88. The third-order valence-corrected chi connectivity index (χ3v) is 5.24. The van der Waals surface area contributed by atoms with Gasteiger partial charge in [-0.25, -0.2) is 0 Å². The monoisotopic (exact) mass is 228 g/mol. The van der Waals surface area contributed by atoms with Crippen LogP contribution in [0.5, 0.6) is 0 Å². The highest BCUT2D eigenvalue weighted by molar-refractivity contribution is 9.10. The number of hydrogen-bond donors (Lipinski definition) is 1. The van der Waals surface area contributed by atoms with Crippen LogP contribution < -0.4 is 0 Å². The van der Waals surface area contributed by atoms with Gasteiger partial charge in [0.05, 0.1) is 5.60 Å². The summed E-state index contributed by atoms with van der Waals surface area (Å²) in [6, 6.07) is 0. The zero-order valence-corrected chi connectivity index (χ0v) is 8.60. The molecule has 3 aliphatic carbocycles. The summed E-state index contributed by atoms with van der Waals surface area (Å²) in [7, 11) is 0. The summed E-state index contributed by atoms with van der Waals surface area (Å²) in [5.74, 6) is 0. The SMILES string of the molecule is OC1(C23CC2(Br)C3)C=CCCC1. The van der Waals surface area contributed by atoms with E-state index in [0.717, 1.165) is 19.3 Å². The summed E-state index contributed by atoms with van der Waals surface area (Å²) >= 11 is 3.69. The van der Waals surface area contributed by atoms with E-state index in [1.807, 2.05) is 6.08 Å². The molecule has 66 valence electrons. The summed E-state index contributed by atoms with van der Waals surface area (Å²) in [4.78, 5) is 0. The molecule has 0 saturated heterocycles. The van der Waals surface area contributed by atoms with Gasteiger partial charge in [-0.15, -0.1) is 0 Å². The molecule has 1 nitrogen and oxygen atoms in total. The minimum absolute atomic E-state index is 0.247. The summed E-state index contributed by atoms with van der Waals surface area (Å²) < 4.78 is 0.344. The Morgan fingerprint density at radius 3 is 2.42 bits per heavy atom. The van der Waals surface area contributed by atoms with Crippen molar-refractivity contribution in [2.45, 2.75) is 42.0 Å². The van der Waals surface area contributed by atoms with Crippen LogP contribution in [-0.4, -0.2) is 15.0 Å². The van der Waals surface area contributed by atoms with Crippen molar-refractivity contribution in [2.75, 3.05) is 0 Å². The highest BCUT2D eigenvalue weighted by atomic mass is 79.9. The van der Waals surface area contributed by atoms with E-state index in [1.165, 1.54) is 12.8 Å². The minimum atomic E-state index is -0.464. The standard InChI is InChI=1S/C10H13BrO/c11-9-6-8(9,7-9)10(12)4-2-1-3-5-10/h2,4,12H,1,3,5-7H2. The number of halogens is 1. The van der Waals surface area contributed by atoms with Crippen LogP contribution in [0, 0.1) is 5.41 Å². The van der Waals surface area contributed by atoms with Crippen molar-refractivity contribution in [2.24, 2.45) is 5.41 Å². The van der Waals surface area contributed by atoms with Crippen molar-refractivity contribution in [3.05, 3.63) is 12.2 Å². The molecule has 2 heteroatoms. The first kappa shape index (κ1) is 7.57. The van der Waals surface area contributed by atoms with E-state index >= 15 is 0 Å². The van der Waals surface area contributed by atoms with Gasteiger partial charge < -0.3 is 5.11 Å². The number of hydrogen-bond acceptors (Lipinski definition) is 1. The van der Waals surface area contributed by atoms with Crippen LogP contribution in [-0.2, 0) is 0 Å².